The van der Waals surface area contributed by atoms with E-state index in [4.69, 9.17) is 4.74 Å². The molecule has 110 valence electrons. The van der Waals surface area contributed by atoms with Gasteiger partial charge in [0.1, 0.15) is 10.8 Å². The molecule has 0 amide bonds. The molecule has 0 spiro atoms. The minimum atomic E-state index is -0.357. The van der Waals surface area contributed by atoms with Crippen molar-refractivity contribution in [2.75, 3.05) is 0 Å². The SMILES string of the molecule is CC(=O)Oc1ccc(-c2nc3ccccc3c(=O)s2)cc1C. The van der Waals surface area contributed by atoms with Gasteiger partial charge in [0.05, 0.1) is 10.9 Å². The monoisotopic (exact) mass is 311 g/mol. The van der Waals surface area contributed by atoms with Gasteiger partial charge >= 0.3 is 5.97 Å². The molecular formula is C17H13NO3S. The highest BCUT2D eigenvalue weighted by Gasteiger charge is 2.09. The van der Waals surface area contributed by atoms with Crippen LogP contribution in [0.15, 0.2) is 47.3 Å². The molecule has 22 heavy (non-hydrogen) atoms. The number of hydrogen-bond donors (Lipinski definition) is 0. The van der Waals surface area contributed by atoms with E-state index in [1.807, 2.05) is 31.2 Å². The number of aromatic nitrogens is 1. The van der Waals surface area contributed by atoms with Crippen LogP contribution in [0.2, 0.25) is 0 Å². The van der Waals surface area contributed by atoms with Crippen LogP contribution in [0, 0.1) is 6.92 Å². The Kier molecular flexibility index (Phi) is 3.73. The van der Waals surface area contributed by atoms with E-state index in [0.717, 1.165) is 22.5 Å². The van der Waals surface area contributed by atoms with Crippen LogP contribution in [0.25, 0.3) is 21.5 Å². The molecule has 0 bridgehead atoms. The third kappa shape index (κ3) is 2.76. The number of carbonyl (C=O) groups excluding carboxylic acids is 1. The van der Waals surface area contributed by atoms with E-state index in [-0.39, 0.29) is 10.7 Å². The van der Waals surface area contributed by atoms with Crippen molar-refractivity contribution in [2.45, 2.75) is 13.8 Å². The second-order valence-corrected chi connectivity index (χ2v) is 5.86. The lowest BCUT2D eigenvalue weighted by Crippen LogP contribution is -2.03. The number of rotatable bonds is 2. The molecule has 0 aliphatic carbocycles. The minimum Gasteiger partial charge on any atom is -0.426 e. The van der Waals surface area contributed by atoms with Crippen LogP contribution in [-0.2, 0) is 4.79 Å². The first-order chi connectivity index (χ1) is 10.5. The van der Waals surface area contributed by atoms with Gasteiger partial charge in [0, 0.05) is 12.5 Å². The number of hydrogen-bond acceptors (Lipinski definition) is 5. The van der Waals surface area contributed by atoms with Gasteiger partial charge in [-0.05, 0) is 42.8 Å². The number of carbonyl (C=O) groups is 1. The summed E-state index contributed by atoms with van der Waals surface area (Å²) in [6.07, 6.45) is 0. The standard InChI is InChI=1S/C17H13NO3S/c1-10-9-12(7-8-15(10)21-11(2)19)16-18-14-6-4-3-5-13(14)17(20)22-16/h3-9H,1-2H3. The average molecular weight is 311 g/mol. The average Bonchev–Trinajstić information content (AvgIpc) is 2.49. The van der Waals surface area contributed by atoms with Crippen LogP contribution in [-0.4, -0.2) is 11.0 Å². The highest BCUT2D eigenvalue weighted by molar-refractivity contribution is 7.13. The Hall–Kier alpha value is -2.53. The second kappa shape index (κ2) is 5.69. The molecule has 0 radical (unpaired) electrons. The normalized spacial score (nSPS) is 10.6. The van der Waals surface area contributed by atoms with Crippen molar-refractivity contribution < 1.29 is 9.53 Å². The maximum absolute atomic E-state index is 12.2. The third-order valence-electron chi connectivity index (χ3n) is 3.21. The van der Waals surface area contributed by atoms with Gasteiger partial charge in [0.25, 0.3) is 0 Å². The number of nitrogens with zero attached hydrogens (tertiary/aromatic N) is 1. The van der Waals surface area contributed by atoms with Crippen molar-refractivity contribution in [1.29, 1.82) is 0 Å². The van der Waals surface area contributed by atoms with Crippen molar-refractivity contribution in [1.82, 2.24) is 4.98 Å². The number of benzene rings is 2. The maximum Gasteiger partial charge on any atom is 0.308 e. The van der Waals surface area contributed by atoms with Crippen LogP contribution in [0.5, 0.6) is 5.75 Å². The van der Waals surface area contributed by atoms with E-state index in [1.165, 1.54) is 6.92 Å². The summed E-state index contributed by atoms with van der Waals surface area (Å²) in [5.74, 6) is 0.161. The summed E-state index contributed by atoms with van der Waals surface area (Å²) in [5.41, 5.74) is 2.34. The second-order valence-electron chi connectivity index (χ2n) is 4.90. The van der Waals surface area contributed by atoms with Crippen molar-refractivity contribution in [2.24, 2.45) is 0 Å². The molecule has 1 aromatic heterocycles. The zero-order chi connectivity index (χ0) is 15.7. The van der Waals surface area contributed by atoms with Gasteiger partial charge in [0.2, 0.25) is 4.74 Å². The summed E-state index contributed by atoms with van der Waals surface area (Å²) >= 11 is 1.11. The summed E-state index contributed by atoms with van der Waals surface area (Å²) in [4.78, 5) is 27.8. The van der Waals surface area contributed by atoms with Crippen molar-refractivity contribution >= 4 is 28.2 Å². The fourth-order valence-electron chi connectivity index (χ4n) is 2.19. The van der Waals surface area contributed by atoms with E-state index in [1.54, 1.807) is 18.2 Å². The van der Waals surface area contributed by atoms with Crippen molar-refractivity contribution in [3.8, 4) is 16.3 Å². The zero-order valence-corrected chi connectivity index (χ0v) is 12.9. The molecule has 5 heteroatoms. The number of para-hydroxylation sites is 1. The Labute approximate surface area is 131 Å². The summed E-state index contributed by atoms with van der Waals surface area (Å²) < 4.78 is 5.10. The molecular weight excluding hydrogens is 298 g/mol. The smallest absolute Gasteiger partial charge is 0.308 e. The van der Waals surface area contributed by atoms with Gasteiger partial charge in [-0.3, -0.25) is 9.59 Å². The topological polar surface area (TPSA) is 56.3 Å². The lowest BCUT2D eigenvalue weighted by atomic mass is 10.1. The highest BCUT2D eigenvalue weighted by Crippen LogP contribution is 2.27. The minimum absolute atomic E-state index is 0.0117. The largest absolute Gasteiger partial charge is 0.426 e. The van der Waals surface area contributed by atoms with Crippen LogP contribution >= 0.6 is 11.3 Å². The van der Waals surface area contributed by atoms with Gasteiger partial charge in [-0.2, -0.15) is 0 Å². The van der Waals surface area contributed by atoms with Crippen LogP contribution in [0.3, 0.4) is 0 Å². The first-order valence-corrected chi connectivity index (χ1v) is 7.55. The van der Waals surface area contributed by atoms with E-state index in [0.29, 0.717) is 21.7 Å². The molecule has 0 saturated heterocycles. The van der Waals surface area contributed by atoms with E-state index in [2.05, 4.69) is 4.98 Å². The molecule has 2 aromatic carbocycles. The van der Waals surface area contributed by atoms with Gasteiger partial charge in [-0.25, -0.2) is 4.98 Å². The predicted octanol–water partition coefficient (Wildman–Crippen LogP) is 3.56. The number of fused-ring (bicyclic) bond motifs is 1. The third-order valence-corrected chi connectivity index (χ3v) is 4.14. The fraction of sp³-hybridized carbons (Fsp3) is 0.118. The van der Waals surface area contributed by atoms with Gasteiger partial charge in [-0.1, -0.05) is 23.5 Å². The van der Waals surface area contributed by atoms with E-state index < -0.39 is 0 Å². The summed E-state index contributed by atoms with van der Waals surface area (Å²) in [6, 6.07) is 12.7. The predicted molar refractivity (Wildman–Crippen MR) is 87.4 cm³/mol. The van der Waals surface area contributed by atoms with Crippen LogP contribution in [0.4, 0.5) is 0 Å². The molecule has 0 N–H and O–H groups in total. The van der Waals surface area contributed by atoms with Gasteiger partial charge in [0.15, 0.2) is 0 Å². The molecule has 4 nitrogen and oxygen atoms in total. The van der Waals surface area contributed by atoms with Gasteiger partial charge in [-0.15, -0.1) is 0 Å². The fourth-order valence-corrected chi connectivity index (χ4v) is 3.04. The van der Waals surface area contributed by atoms with Crippen LogP contribution in [0.1, 0.15) is 12.5 Å². The molecule has 3 rings (SSSR count). The molecule has 0 fully saturated rings. The Morgan fingerprint density at radius 1 is 1.18 bits per heavy atom. The lowest BCUT2D eigenvalue weighted by Gasteiger charge is -2.07. The van der Waals surface area contributed by atoms with Crippen molar-refractivity contribution in [3.63, 3.8) is 0 Å². The maximum atomic E-state index is 12.2. The molecule has 0 aliphatic rings. The summed E-state index contributed by atoms with van der Waals surface area (Å²) in [6.45, 7) is 3.22. The molecule has 0 unspecified atom stereocenters. The van der Waals surface area contributed by atoms with E-state index in [9.17, 15) is 9.59 Å². The number of aryl methyl sites for hydroxylation is 1. The molecule has 0 aliphatic heterocycles. The Balaban J connectivity index is 2.10. The quantitative estimate of drug-likeness (QED) is 0.536. The first kappa shape index (κ1) is 14.4. The lowest BCUT2D eigenvalue weighted by molar-refractivity contribution is -0.131. The molecule has 0 saturated carbocycles. The summed E-state index contributed by atoms with van der Waals surface area (Å²) in [7, 11) is 0. The number of ether oxygens (including phenoxy) is 1. The molecule has 1 heterocycles. The van der Waals surface area contributed by atoms with E-state index >= 15 is 0 Å². The number of esters is 1. The Bertz CT molecular complexity index is 931. The van der Waals surface area contributed by atoms with Crippen LogP contribution < -0.4 is 9.48 Å². The highest BCUT2D eigenvalue weighted by atomic mass is 32.1. The Morgan fingerprint density at radius 3 is 2.68 bits per heavy atom. The summed E-state index contributed by atoms with van der Waals surface area (Å²) in [5, 5.41) is 1.28. The molecule has 0 atom stereocenters. The zero-order valence-electron chi connectivity index (χ0n) is 12.1. The Morgan fingerprint density at radius 2 is 1.95 bits per heavy atom. The van der Waals surface area contributed by atoms with Gasteiger partial charge < -0.3 is 4.74 Å². The first-order valence-electron chi connectivity index (χ1n) is 6.74. The van der Waals surface area contributed by atoms with Crippen molar-refractivity contribution in [3.05, 3.63) is 57.6 Å². The molecule has 3 aromatic rings.